The summed E-state index contributed by atoms with van der Waals surface area (Å²) >= 11 is 14.1. The number of carbonyl (C=O) groups is 8. The molecule has 12 rings (SSSR count). The zero-order valence-electron chi connectivity index (χ0n) is 54.9. The number of carboxylic acids is 2. The number of phenolic OH excluding ortho intramolecular Hbond substituents is 3. The number of ether oxygens (including phenoxy) is 6. The summed E-state index contributed by atoms with van der Waals surface area (Å²) in [7, 11) is 1.48. The number of fused-ring (bicyclic) bond motifs is 16. The topological polar surface area (TPSA) is 525 Å². The second kappa shape index (κ2) is 30.8. The predicted molar refractivity (Wildman–Crippen MR) is 352 cm³/mol. The number of likely N-dealkylation sites (N-methyl/N-ethyl adjacent to an activating group) is 1. The van der Waals surface area contributed by atoms with Crippen molar-refractivity contribution in [1.82, 2.24) is 37.2 Å². The summed E-state index contributed by atoms with van der Waals surface area (Å²) in [4.78, 5) is 116. The summed E-state index contributed by atoms with van der Waals surface area (Å²) in [5.41, 5.74) is 2.33. The van der Waals surface area contributed by atoms with Crippen LogP contribution in [0, 0.1) is 5.92 Å². The zero-order valence-corrected chi connectivity index (χ0v) is 56.4. The van der Waals surface area contributed by atoms with E-state index < -0.39 is 244 Å². The Hall–Kier alpha value is -9.20. The molecule has 548 valence electrons. The van der Waals surface area contributed by atoms with Crippen molar-refractivity contribution >= 4 is 70.6 Å². The quantitative estimate of drug-likeness (QED) is 0.0784. The minimum atomic E-state index is -2.28. The van der Waals surface area contributed by atoms with E-state index in [1.54, 1.807) is 0 Å². The van der Waals surface area contributed by atoms with Gasteiger partial charge < -0.3 is 128 Å². The third-order valence-electron chi connectivity index (χ3n) is 18.0. The molecule has 0 aliphatic carbocycles. The number of nitrogens with two attached hydrogens (primary N) is 1. The van der Waals surface area contributed by atoms with E-state index in [9.17, 15) is 80.1 Å². The van der Waals surface area contributed by atoms with Crippen molar-refractivity contribution in [2.75, 3.05) is 13.7 Å². The number of hydrogen-bond donors (Lipinski definition) is 19. The molecule has 5 aromatic rings. The van der Waals surface area contributed by atoms with Gasteiger partial charge >= 0.3 is 11.9 Å². The number of carboxylic acid groups (broad SMARTS) is 2. The number of halogens is 2. The number of hydrogen-bond acceptors (Lipinski definition) is 25. The highest BCUT2D eigenvalue weighted by Gasteiger charge is 2.51. The number of aliphatic hydroxyl groups is 6. The Morgan fingerprint density at radius 2 is 1.33 bits per heavy atom. The second-order valence-electron chi connectivity index (χ2n) is 26.0. The first-order chi connectivity index (χ1) is 48.1. The van der Waals surface area contributed by atoms with Crippen molar-refractivity contribution in [1.29, 1.82) is 0 Å². The van der Waals surface area contributed by atoms with Gasteiger partial charge in [0.2, 0.25) is 47.5 Å². The Kier molecular flexibility index (Phi) is 22.8. The molecule has 33 nitrogen and oxygen atoms in total. The lowest BCUT2D eigenvalue weighted by atomic mass is 9.86. The van der Waals surface area contributed by atoms with Gasteiger partial charge in [0.25, 0.3) is 0 Å². The first kappa shape index (κ1) is 75.5. The summed E-state index contributed by atoms with van der Waals surface area (Å²) < 4.78 is 38.3. The van der Waals surface area contributed by atoms with Crippen molar-refractivity contribution in [2.24, 2.45) is 11.7 Å². The lowest BCUT2D eigenvalue weighted by Gasteiger charge is -2.47. The summed E-state index contributed by atoms with van der Waals surface area (Å²) in [6, 6.07) is -0.0549. The third-order valence-corrected chi connectivity index (χ3v) is 18.5. The molecule has 5 aromatic carbocycles. The van der Waals surface area contributed by atoms with Gasteiger partial charge in [0.15, 0.2) is 29.9 Å². The molecule has 0 saturated carbocycles. The average molecular weight is 1460 g/mol. The number of aliphatic carboxylic acids is 2. The van der Waals surface area contributed by atoms with Crippen molar-refractivity contribution in [3.8, 4) is 57.1 Å². The molecule has 2 fully saturated rings. The number of carbonyl (C=O) groups excluding carboxylic acids is 6. The zero-order chi connectivity index (χ0) is 74.2. The normalized spacial score (nSPS) is 29.4. The molecular formula is C67H76Cl2N8O25. The van der Waals surface area contributed by atoms with Gasteiger partial charge in [0, 0.05) is 47.2 Å². The Bertz CT molecular complexity index is 4090. The maximum Gasteiger partial charge on any atom is 0.330 e. The molecule has 18 atom stereocenters. The molecule has 102 heavy (non-hydrogen) atoms. The first-order valence-electron chi connectivity index (χ1n) is 32.0. The molecule has 7 heterocycles. The van der Waals surface area contributed by atoms with E-state index in [1.807, 2.05) is 13.8 Å². The van der Waals surface area contributed by atoms with Crippen LogP contribution in [-0.4, -0.2) is 196 Å². The Balaban J connectivity index is 1.23. The number of aromatic hydroxyl groups is 3. The monoisotopic (exact) mass is 1460 g/mol. The number of benzene rings is 5. The molecule has 20 N–H and O–H groups in total. The standard InChI is InChI=1S/C67H76Cl2N8O25/c1-24(2)12-36(71-5)60(90)76-51-53(85)27-7-10-39(34(68)14-27)98-41-16-29-17-42(57(41)102-66-58(56(88)55(87)43(23-78)100-66)101-46-22-67(4,70)59(89)25(3)97-46)99-40-11-8-28(15-35(40)69)54(86)52-64(94)75-50(65(95)96)33-20-31(79)21-38(81)47(33)32-13-26(6-9-37(32)80)48(61(91)77-52)74-62(92)49(29)73-44(82)18-30(19-45(83)84)72-63(51)93/h6-11,13-17,20-21,24-25,30,36,43,46,48-56,58-59,66,71,78-81,85-89H,12,18-19,22-23,70H2,1-5H3,(H,72,93)(H,73,82)(H,74,92)(H,75,94)(H,76,90)(H,77,91)(H,83,84)(H,95,96). The predicted octanol–water partition coefficient (Wildman–Crippen LogP) is 1.10. The van der Waals surface area contributed by atoms with E-state index in [0.717, 1.165) is 66.7 Å². The highest BCUT2D eigenvalue weighted by molar-refractivity contribution is 6.32. The van der Waals surface area contributed by atoms with Crippen molar-refractivity contribution in [3.05, 3.63) is 117 Å². The minimum absolute atomic E-state index is 0.0865. The van der Waals surface area contributed by atoms with Crippen LogP contribution in [-0.2, 0) is 52.6 Å². The van der Waals surface area contributed by atoms with E-state index in [0.29, 0.717) is 0 Å². The van der Waals surface area contributed by atoms with Gasteiger partial charge in [-0.1, -0.05) is 55.2 Å². The fraction of sp³-hybridized carbons (Fsp3) is 0.433. The van der Waals surface area contributed by atoms with Crippen LogP contribution in [0.25, 0.3) is 11.1 Å². The molecule has 7 aliphatic rings. The Morgan fingerprint density at radius 3 is 1.92 bits per heavy atom. The van der Waals surface area contributed by atoms with Crippen molar-refractivity contribution < 1.29 is 123 Å². The van der Waals surface area contributed by atoms with E-state index in [2.05, 4.69) is 37.2 Å². The smallest absolute Gasteiger partial charge is 0.330 e. The fourth-order valence-corrected chi connectivity index (χ4v) is 13.2. The van der Waals surface area contributed by atoms with Gasteiger partial charge in [-0.2, -0.15) is 0 Å². The molecular weight excluding hydrogens is 1390 g/mol. The average Bonchev–Trinajstić information content (AvgIpc) is 0.798. The number of amides is 6. The van der Waals surface area contributed by atoms with Crippen LogP contribution in [0.2, 0.25) is 10.0 Å². The van der Waals surface area contributed by atoms with Gasteiger partial charge in [-0.3, -0.25) is 33.6 Å². The van der Waals surface area contributed by atoms with E-state index >= 15 is 14.4 Å². The third kappa shape index (κ3) is 16.2. The van der Waals surface area contributed by atoms with E-state index in [4.69, 9.17) is 57.4 Å². The van der Waals surface area contributed by atoms with Crippen molar-refractivity contribution in [2.45, 2.75) is 163 Å². The van der Waals surface area contributed by atoms with Crippen LogP contribution in [0.5, 0.6) is 46.0 Å². The summed E-state index contributed by atoms with van der Waals surface area (Å²) in [6.45, 7) is 5.66. The molecule has 0 radical (unpaired) electrons. The SMILES string of the molecule is CNC(CC(C)C)C(=O)NC1C(=O)NC(CC(=O)O)CC(=O)NC2C(=O)NC3C(=O)NC(C(=O)NC(C(=O)O)c4cc(O)cc(O)c4-c4cc3ccc4O)C(O)c3ccc(c(Cl)c3)Oc3cc2cc(c3OC2OC(CO)C(O)C(O)C2OC2CC(C)(N)C(O)C(C)O2)Oc2ccc(cc2Cl)C1O. The van der Waals surface area contributed by atoms with Gasteiger partial charge in [-0.05, 0) is 110 Å². The summed E-state index contributed by atoms with van der Waals surface area (Å²) in [5, 5.41) is 141. The number of rotatable bonds is 13. The van der Waals surface area contributed by atoms with Gasteiger partial charge in [-0.15, -0.1) is 0 Å². The van der Waals surface area contributed by atoms with Gasteiger partial charge in [0.1, 0.15) is 83.4 Å². The molecule has 7 aliphatic heterocycles. The van der Waals surface area contributed by atoms with Crippen LogP contribution in [0.3, 0.4) is 0 Å². The summed E-state index contributed by atoms with van der Waals surface area (Å²) in [5.74, 6) is -16.0. The molecule has 0 aromatic heterocycles. The van der Waals surface area contributed by atoms with Crippen LogP contribution in [0.4, 0.5) is 0 Å². The first-order valence-corrected chi connectivity index (χ1v) is 32.8. The van der Waals surface area contributed by atoms with Gasteiger partial charge in [-0.25, -0.2) is 4.79 Å². The molecule has 0 spiro atoms. The van der Waals surface area contributed by atoms with Crippen LogP contribution in [0.1, 0.15) is 112 Å². The second-order valence-corrected chi connectivity index (χ2v) is 26.9. The van der Waals surface area contributed by atoms with Gasteiger partial charge in [0.05, 0.1) is 41.3 Å². The Labute approximate surface area is 590 Å². The summed E-state index contributed by atoms with van der Waals surface area (Å²) in [6.07, 6.45) is -19.5. The van der Waals surface area contributed by atoms with E-state index in [1.165, 1.54) is 33.0 Å². The molecule has 11 bridgehead atoms. The maximum atomic E-state index is 16.0. The van der Waals surface area contributed by atoms with Crippen LogP contribution in [0.15, 0.2) is 78.9 Å². The largest absolute Gasteiger partial charge is 0.508 e. The number of nitrogens with one attached hydrogen (secondary N) is 7. The fourth-order valence-electron chi connectivity index (χ4n) is 12.7. The molecule has 6 amide bonds. The lowest BCUT2D eigenvalue weighted by Crippen LogP contribution is -2.64. The van der Waals surface area contributed by atoms with Crippen LogP contribution < -0.4 is 57.2 Å². The highest BCUT2D eigenvalue weighted by atomic mass is 35.5. The minimum Gasteiger partial charge on any atom is -0.508 e. The van der Waals surface area contributed by atoms with Crippen LogP contribution >= 0.6 is 23.2 Å². The molecule has 18 unspecified atom stereocenters. The number of phenols is 3. The highest BCUT2D eigenvalue weighted by Crippen LogP contribution is 2.50. The molecule has 35 heteroatoms. The molecule has 2 saturated heterocycles. The van der Waals surface area contributed by atoms with E-state index in [-0.39, 0.29) is 46.2 Å². The Morgan fingerprint density at radius 1 is 0.716 bits per heavy atom. The van der Waals surface area contributed by atoms with Crippen molar-refractivity contribution in [3.63, 3.8) is 0 Å². The lowest BCUT2D eigenvalue weighted by molar-refractivity contribution is -0.333. The maximum absolute atomic E-state index is 16.0. The number of aliphatic hydroxyl groups excluding tert-OH is 6.